The maximum absolute atomic E-state index is 12.3. The van der Waals surface area contributed by atoms with E-state index in [0.29, 0.717) is 5.92 Å². The quantitative estimate of drug-likeness (QED) is 0.453. The van der Waals surface area contributed by atoms with Gasteiger partial charge >= 0.3 is 6.09 Å². The number of carbonyl (C=O) groups is 1. The maximum atomic E-state index is 12.3. The summed E-state index contributed by atoms with van der Waals surface area (Å²) >= 11 is 0. The number of amides is 1. The van der Waals surface area contributed by atoms with Crippen LogP contribution >= 0.6 is 0 Å². The first-order chi connectivity index (χ1) is 16.7. The molecule has 0 bridgehead atoms. The molecule has 1 fully saturated rings. The van der Waals surface area contributed by atoms with E-state index >= 15 is 0 Å². The number of carbonyl (C=O) groups excluding carboxylic acids is 1. The highest BCUT2D eigenvalue weighted by Gasteiger charge is 2.27. The summed E-state index contributed by atoms with van der Waals surface area (Å²) in [5.41, 5.74) is 2.46. The highest BCUT2D eigenvalue weighted by atomic mass is 16.6. The number of hydrogen-bond acceptors (Lipinski definition) is 6. The molecule has 2 heterocycles. The number of allylic oxidation sites excluding steroid dienone is 1. The first-order valence-electron chi connectivity index (χ1n) is 13.1. The molecule has 192 valence electrons. The standard InChI is InChI=1S/C28H41N3O4/c1-28(2,3)34-27(32)31-17-15-20(16-18-31)11-13-24-22-12-14-25(33-21-9-7-6-8-10-21)23(19-30(4)5)26(22)35-29-24/h7,9,12,14,20-21H,6,8,10-11,13,15-19H2,1-5H3. The number of aromatic nitrogens is 1. The number of hydrogen-bond donors (Lipinski definition) is 0. The van der Waals surface area contributed by atoms with Gasteiger partial charge in [-0.2, -0.15) is 0 Å². The van der Waals surface area contributed by atoms with Gasteiger partial charge in [0.15, 0.2) is 5.58 Å². The molecule has 35 heavy (non-hydrogen) atoms. The number of rotatable bonds is 7. The predicted octanol–water partition coefficient (Wildman–Crippen LogP) is 5.96. The average Bonchev–Trinajstić information content (AvgIpc) is 3.22. The predicted molar refractivity (Wildman–Crippen MR) is 138 cm³/mol. The minimum absolute atomic E-state index is 0.121. The van der Waals surface area contributed by atoms with Gasteiger partial charge in [0, 0.05) is 25.0 Å². The summed E-state index contributed by atoms with van der Waals surface area (Å²) < 4.78 is 17.8. The van der Waals surface area contributed by atoms with E-state index in [1.54, 1.807) is 0 Å². The molecule has 2 aromatic rings. The van der Waals surface area contributed by atoms with E-state index in [0.717, 1.165) is 92.6 Å². The summed E-state index contributed by atoms with van der Waals surface area (Å²) in [7, 11) is 4.12. The molecule has 1 unspecified atom stereocenters. The van der Waals surface area contributed by atoms with Crippen LogP contribution in [0.2, 0.25) is 0 Å². The van der Waals surface area contributed by atoms with E-state index < -0.39 is 5.60 Å². The van der Waals surface area contributed by atoms with Crippen LogP contribution in [0, 0.1) is 5.92 Å². The first kappa shape index (κ1) is 25.5. The van der Waals surface area contributed by atoms with Crippen LogP contribution in [-0.4, -0.2) is 59.9 Å². The number of piperidine rings is 1. The van der Waals surface area contributed by atoms with E-state index in [2.05, 4.69) is 48.4 Å². The summed E-state index contributed by atoms with van der Waals surface area (Å²) in [5, 5.41) is 5.55. The Hall–Kier alpha value is -2.54. The molecule has 0 radical (unpaired) electrons. The Balaban J connectivity index is 1.40. The van der Waals surface area contributed by atoms with Crippen LogP contribution in [0.5, 0.6) is 5.75 Å². The Kier molecular flexibility index (Phi) is 8.05. The van der Waals surface area contributed by atoms with Crippen molar-refractivity contribution < 1.29 is 18.8 Å². The molecule has 2 aliphatic rings. The van der Waals surface area contributed by atoms with Crippen molar-refractivity contribution in [2.45, 2.75) is 84.0 Å². The molecule has 7 nitrogen and oxygen atoms in total. The smallest absolute Gasteiger partial charge is 0.410 e. The molecule has 0 N–H and O–H groups in total. The van der Waals surface area contributed by atoms with Gasteiger partial charge in [-0.15, -0.1) is 0 Å². The number of aryl methyl sites for hydroxylation is 1. The van der Waals surface area contributed by atoms with Gasteiger partial charge < -0.3 is 23.8 Å². The molecular formula is C28H41N3O4. The zero-order valence-electron chi connectivity index (χ0n) is 22.0. The number of fused-ring (bicyclic) bond motifs is 1. The highest BCUT2D eigenvalue weighted by molar-refractivity contribution is 5.84. The Morgan fingerprint density at radius 3 is 2.63 bits per heavy atom. The summed E-state index contributed by atoms with van der Waals surface area (Å²) in [5.74, 6) is 1.46. The number of likely N-dealkylation sites (tertiary alicyclic amines) is 1. The summed E-state index contributed by atoms with van der Waals surface area (Å²) in [6.07, 6.45) is 11.5. The van der Waals surface area contributed by atoms with E-state index in [4.69, 9.17) is 14.0 Å². The number of ether oxygens (including phenoxy) is 2. The second-order valence-corrected chi connectivity index (χ2v) is 11.3. The lowest BCUT2D eigenvalue weighted by atomic mass is 9.91. The van der Waals surface area contributed by atoms with Crippen molar-refractivity contribution in [2.24, 2.45) is 5.92 Å². The average molecular weight is 484 g/mol. The number of nitrogens with zero attached hydrogens (tertiary/aromatic N) is 3. The van der Waals surface area contributed by atoms with Crippen molar-refractivity contribution >= 4 is 17.1 Å². The van der Waals surface area contributed by atoms with Crippen LogP contribution in [-0.2, 0) is 17.7 Å². The van der Waals surface area contributed by atoms with Crippen LogP contribution in [0.15, 0.2) is 28.8 Å². The zero-order valence-corrected chi connectivity index (χ0v) is 22.0. The van der Waals surface area contributed by atoms with Gasteiger partial charge in [0.1, 0.15) is 17.5 Å². The van der Waals surface area contributed by atoms with Crippen LogP contribution in [0.4, 0.5) is 4.79 Å². The molecule has 0 saturated carbocycles. The Labute approximate surface area is 209 Å². The van der Waals surface area contributed by atoms with Crippen LogP contribution < -0.4 is 4.74 Å². The minimum atomic E-state index is -0.453. The van der Waals surface area contributed by atoms with Crippen molar-refractivity contribution in [2.75, 3.05) is 27.2 Å². The summed E-state index contributed by atoms with van der Waals surface area (Å²) in [6, 6.07) is 4.19. The molecule has 1 saturated heterocycles. The lowest BCUT2D eigenvalue weighted by molar-refractivity contribution is 0.0181. The van der Waals surface area contributed by atoms with Crippen molar-refractivity contribution in [3.63, 3.8) is 0 Å². The fraction of sp³-hybridized carbons (Fsp3) is 0.643. The fourth-order valence-corrected chi connectivity index (χ4v) is 4.96. The molecule has 1 aromatic carbocycles. The van der Waals surface area contributed by atoms with E-state index in [1.807, 2.05) is 25.7 Å². The minimum Gasteiger partial charge on any atom is -0.486 e. The van der Waals surface area contributed by atoms with Crippen LogP contribution in [0.1, 0.15) is 70.6 Å². The Morgan fingerprint density at radius 1 is 1.20 bits per heavy atom. The zero-order chi connectivity index (χ0) is 25.0. The van der Waals surface area contributed by atoms with Gasteiger partial charge in [-0.3, -0.25) is 0 Å². The molecule has 1 aliphatic carbocycles. The normalized spacial score (nSPS) is 19.5. The van der Waals surface area contributed by atoms with Gasteiger partial charge in [-0.1, -0.05) is 11.2 Å². The SMILES string of the molecule is CN(C)Cc1c(OC2C=CCCC2)ccc2c(CCC3CCN(C(=O)OC(C)(C)C)CC3)noc12. The summed E-state index contributed by atoms with van der Waals surface area (Å²) in [4.78, 5) is 16.3. The molecular weight excluding hydrogens is 442 g/mol. The third-order valence-corrected chi connectivity index (χ3v) is 6.79. The maximum Gasteiger partial charge on any atom is 0.410 e. The van der Waals surface area contributed by atoms with Gasteiger partial charge in [0.05, 0.1) is 11.3 Å². The third-order valence-electron chi connectivity index (χ3n) is 6.79. The van der Waals surface area contributed by atoms with Crippen molar-refractivity contribution in [1.29, 1.82) is 0 Å². The molecule has 1 aromatic heterocycles. The van der Waals surface area contributed by atoms with Crippen molar-refractivity contribution in [3.8, 4) is 5.75 Å². The van der Waals surface area contributed by atoms with E-state index in [-0.39, 0.29) is 12.2 Å². The molecule has 1 aliphatic heterocycles. The van der Waals surface area contributed by atoms with Gasteiger partial charge in [0.2, 0.25) is 0 Å². The lowest BCUT2D eigenvalue weighted by Crippen LogP contribution is -2.41. The van der Waals surface area contributed by atoms with Gasteiger partial charge in [-0.25, -0.2) is 4.79 Å². The second kappa shape index (κ2) is 11.0. The third kappa shape index (κ3) is 6.78. The van der Waals surface area contributed by atoms with Crippen molar-refractivity contribution in [3.05, 3.63) is 35.5 Å². The second-order valence-electron chi connectivity index (χ2n) is 11.3. The van der Waals surface area contributed by atoms with E-state index in [9.17, 15) is 4.79 Å². The fourth-order valence-electron chi connectivity index (χ4n) is 4.96. The molecule has 7 heteroatoms. The molecule has 0 spiro atoms. The monoisotopic (exact) mass is 483 g/mol. The molecule has 1 amide bonds. The summed E-state index contributed by atoms with van der Waals surface area (Å²) in [6.45, 7) is 7.97. The molecule has 4 rings (SSSR count). The van der Waals surface area contributed by atoms with Gasteiger partial charge in [0.25, 0.3) is 0 Å². The first-order valence-corrected chi connectivity index (χ1v) is 13.1. The number of benzene rings is 1. The Morgan fingerprint density at radius 2 is 1.97 bits per heavy atom. The highest BCUT2D eigenvalue weighted by Crippen LogP contribution is 2.34. The van der Waals surface area contributed by atoms with Crippen LogP contribution in [0.25, 0.3) is 11.0 Å². The van der Waals surface area contributed by atoms with E-state index in [1.165, 1.54) is 0 Å². The Bertz CT molecular complexity index is 1030. The largest absolute Gasteiger partial charge is 0.486 e. The molecule has 1 atom stereocenters. The lowest BCUT2D eigenvalue weighted by Gasteiger charge is -2.33. The van der Waals surface area contributed by atoms with Crippen LogP contribution in [0.3, 0.4) is 0 Å². The topological polar surface area (TPSA) is 68.0 Å². The van der Waals surface area contributed by atoms with Gasteiger partial charge in [-0.05, 0) is 104 Å². The van der Waals surface area contributed by atoms with Crippen molar-refractivity contribution in [1.82, 2.24) is 15.0 Å².